The van der Waals surface area contributed by atoms with E-state index in [1.54, 1.807) is 0 Å². The van der Waals surface area contributed by atoms with Crippen molar-refractivity contribution in [1.82, 2.24) is 4.90 Å². The number of hydrogen-bond donors (Lipinski definition) is 0. The predicted molar refractivity (Wildman–Crippen MR) is 69.3 cm³/mol. The lowest BCUT2D eigenvalue weighted by atomic mass is 9.93. The van der Waals surface area contributed by atoms with Crippen LogP contribution in [0.1, 0.15) is 32.3 Å². The van der Waals surface area contributed by atoms with Crippen LogP contribution in [0.2, 0.25) is 0 Å². The minimum atomic E-state index is 0.839. The zero-order chi connectivity index (χ0) is 11.4. The molecule has 1 aliphatic rings. The van der Waals surface area contributed by atoms with E-state index in [4.69, 9.17) is 0 Å². The fraction of sp³-hybridized carbons (Fsp3) is 0.600. The first-order chi connectivity index (χ1) is 7.75. The number of rotatable bonds is 2. The lowest BCUT2D eigenvalue weighted by Gasteiger charge is -2.24. The largest absolute Gasteiger partial charge is 0.299 e. The zero-order valence-electron chi connectivity index (χ0n) is 10.5. The summed E-state index contributed by atoms with van der Waals surface area (Å²) >= 11 is 0. The van der Waals surface area contributed by atoms with Crippen LogP contribution in [-0.2, 0) is 6.54 Å². The van der Waals surface area contributed by atoms with E-state index in [1.165, 1.54) is 31.5 Å². The van der Waals surface area contributed by atoms with Gasteiger partial charge in [-0.05, 0) is 36.8 Å². The van der Waals surface area contributed by atoms with Gasteiger partial charge in [-0.25, -0.2) is 0 Å². The highest BCUT2D eigenvalue weighted by atomic mass is 15.1. The Morgan fingerprint density at radius 3 is 2.62 bits per heavy atom. The quantitative estimate of drug-likeness (QED) is 0.732. The van der Waals surface area contributed by atoms with Crippen molar-refractivity contribution in [3.05, 3.63) is 35.9 Å². The maximum absolute atomic E-state index is 2.61. The molecule has 2 atom stereocenters. The van der Waals surface area contributed by atoms with Crippen LogP contribution in [0.25, 0.3) is 0 Å². The third-order valence-electron chi connectivity index (χ3n) is 3.90. The van der Waals surface area contributed by atoms with Gasteiger partial charge in [0, 0.05) is 13.1 Å². The van der Waals surface area contributed by atoms with Gasteiger partial charge in [0.05, 0.1) is 0 Å². The molecule has 0 N–H and O–H groups in total. The summed E-state index contributed by atoms with van der Waals surface area (Å²) in [5.74, 6) is 1.73. The molecule has 1 heteroatoms. The molecular weight excluding hydrogens is 194 g/mol. The van der Waals surface area contributed by atoms with Crippen LogP contribution in [-0.4, -0.2) is 18.0 Å². The van der Waals surface area contributed by atoms with Gasteiger partial charge in [-0.1, -0.05) is 44.2 Å². The topological polar surface area (TPSA) is 3.24 Å². The molecule has 88 valence electrons. The van der Waals surface area contributed by atoms with Crippen molar-refractivity contribution in [3.63, 3.8) is 0 Å². The predicted octanol–water partition coefficient (Wildman–Crippen LogP) is 3.55. The summed E-state index contributed by atoms with van der Waals surface area (Å²) in [6, 6.07) is 10.8. The van der Waals surface area contributed by atoms with E-state index in [-0.39, 0.29) is 0 Å². The smallest absolute Gasteiger partial charge is 0.0233 e. The van der Waals surface area contributed by atoms with Crippen molar-refractivity contribution < 1.29 is 0 Å². The molecule has 2 rings (SSSR count). The number of nitrogens with zero attached hydrogens (tertiary/aromatic N) is 1. The molecule has 1 heterocycles. The number of hydrogen-bond acceptors (Lipinski definition) is 1. The summed E-state index contributed by atoms with van der Waals surface area (Å²) in [7, 11) is 0. The average Bonchev–Trinajstić information content (AvgIpc) is 2.43. The van der Waals surface area contributed by atoms with Gasteiger partial charge in [0.15, 0.2) is 0 Å². The fourth-order valence-corrected chi connectivity index (χ4v) is 2.59. The van der Waals surface area contributed by atoms with Crippen molar-refractivity contribution in [2.75, 3.05) is 13.1 Å². The van der Waals surface area contributed by atoms with E-state index in [9.17, 15) is 0 Å². The van der Waals surface area contributed by atoms with Gasteiger partial charge in [0.25, 0.3) is 0 Å². The van der Waals surface area contributed by atoms with Crippen molar-refractivity contribution in [3.8, 4) is 0 Å². The molecular formula is C15H23N. The van der Waals surface area contributed by atoms with Gasteiger partial charge in [-0.15, -0.1) is 0 Å². The highest BCUT2D eigenvalue weighted by Crippen LogP contribution is 2.23. The molecule has 0 aromatic heterocycles. The van der Waals surface area contributed by atoms with E-state index in [1.807, 2.05) is 0 Å². The summed E-state index contributed by atoms with van der Waals surface area (Å²) in [5.41, 5.74) is 1.45. The molecule has 0 spiro atoms. The highest BCUT2D eigenvalue weighted by molar-refractivity contribution is 5.14. The molecule has 0 amide bonds. The zero-order valence-corrected chi connectivity index (χ0v) is 10.5. The Morgan fingerprint density at radius 1 is 1.12 bits per heavy atom. The summed E-state index contributed by atoms with van der Waals surface area (Å²) < 4.78 is 0. The van der Waals surface area contributed by atoms with Gasteiger partial charge in [0.1, 0.15) is 0 Å². The second-order valence-electron chi connectivity index (χ2n) is 5.32. The molecule has 1 aromatic carbocycles. The molecule has 1 nitrogen and oxygen atoms in total. The van der Waals surface area contributed by atoms with Gasteiger partial charge < -0.3 is 0 Å². The second kappa shape index (κ2) is 5.49. The second-order valence-corrected chi connectivity index (χ2v) is 5.32. The third kappa shape index (κ3) is 3.08. The molecule has 0 aliphatic carbocycles. The SMILES string of the molecule is C[C@@H]1CCCN(Cc2ccccc2)C[C@H]1C. The first-order valence-electron chi connectivity index (χ1n) is 6.52. The third-order valence-corrected chi connectivity index (χ3v) is 3.90. The molecule has 0 unspecified atom stereocenters. The van der Waals surface area contributed by atoms with Crippen LogP contribution in [0.15, 0.2) is 30.3 Å². The number of benzene rings is 1. The van der Waals surface area contributed by atoms with Gasteiger partial charge >= 0.3 is 0 Å². The lowest BCUT2D eigenvalue weighted by Crippen LogP contribution is -2.28. The molecule has 1 aromatic rings. The summed E-state index contributed by atoms with van der Waals surface area (Å²) in [4.78, 5) is 2.61. The average molecular weight is 217 g/mol. The van der Waals surface area contributed by atoms with Crippen molar-refractivity contribution in [2.24, 2.45) is 11.8 Å². The van der Waals surface area contributed by atoms with E-state index < -0.39 is 0 Å². The number of likely N-dealkylation sites (tertiary alicyclic amines) is 1. The van der Waals surface area contributed by atoms with Crippen LogP contribution in [0.5, 0.6) is 0 Å². The van der Waals surface area contributed by atoms with E-state index in [2.05, 4.69) is 49.1 Å². The molecule has 1 saturated heterocycles. The Bertz CT molecular complexity index is 306. The lowest BCUT2D eigenvalue weighted by molar-refractivity contribution is 0.233. The van der Waals surface area contributed by atoms with Gasteiger partial charge in [-0.2, -0.15) is 0 Å². The maximum Gasteiger partial charge on any atom is 0.0233 e. The highest BCUT2D eigenvalue weighted by Gasteiger charge is 2.20. The summed E-state index contributed by atoms with van der Waals surface area (Å²) in [5, 5.41) is 0. The van der Waals surface area contributed by atoms with Gasteiger partial charge in [0.2, 0.25) is 0 Å². The Morgan fingerprint density at radius 2 is 1.88 bits per heavy atom. The summed E-state index contributed by atoms with van der Waals surface area (Å²) in [6.07, 6.45) is 2.75. The Hall–Kier alpha value is -0.820. The van der Waals surface area contributed by atoms with Crippen molar-refractivity contribution in [1.29, 1.82) is 0 Å². The van der Waals surface area contributed by atoms with E-state index >= 15 is 0 Å². The van der Waals surface area contributed by atoms with Gasteiger partial charge in [-0.3, -0.25) is 4.90 Å². The maximum atomic E-state index is 2.61. The van der Waals surface area contributed by atoms with Crippen LogP contribution < -0.4 is 0 Å². The summed E-state index contributed by atoms with van der Waals surface area (Å²) in [6.45, 7) is 8.45. The standard InChI is InChI=1S/C15H23N/c1-13-7-6-10-16(11-14(13)2)12-15-8-4-3-5-9-15/h3-5,8-9,13-14H,6-7,10-12H2,1-2H3/t13-,14-/m1/s1. The first-order valence-corrected chi connectivity index (χ1v) is 6.52. The Labute approximate surface area is 99.5 Å². The molecule has 0 saturated carbocycles. The molecule has 1 aliphatic heterocycles. The fourth-order valence-electron chi connectivity index (χ4n) is 2.59. The van der Waals surface area contributed by atoms with Crippen LogP contribution in [0, 0.1) is 11.8 Å². The van der Waals surface area contributed by atoms with E-state index in [0.29, 0.717) is 0 Å². The minimum absolute atomic E-state index is 0.839. The first kappa shape index (κ1) is 11.7. The van der Waals surface area contributed by atoms with Crippen molar-refractivity contribution in [2.45, 2.75) is 33.2 Å². The normalized spacial score (nSPS) is 27.6. The van der Waals surface area contributed by atoms with Crippen LogP contribution in [0.4, 0.5) is 0 Å². The Kier molecular flexibility index (Phi) is 4.00. The minimum Gasteiger partial charge on any atom is -0.299 e. The van der Waals surface area contributed by atoms with Crippen LogP contribution >= 0.6 is 0 Å². The van der Waals surface area contributed by atoms with Crippen molar-refractivity contribution >= 4 is 0 Å². The monoisotopic (exact) mass is 217 g/mol. The molecule has 0 bridgehead atoms. The molecule has 1 fully saturated rings. The Balaban J connectivity index is 1.95. The molecule has 16 heavy (non-hydrogen) atoms. The van der Waals surface area contributed by atoms with E-state index in [0.717, 1.165) is 18.4 Å². The molecule has 0 radical (unpaired) electrons. The van der Waals surface area contributed by atoms with Crippen LogP contribution in [0.3, 0.4) is 0 Å².